The maximum absolute atomic E-state index is 3.29. The molecule has 0 unspecified atom stereocenters. The lowest BCUT2D eigenvalue weighted by Gasteiger charge is -1.96. The Hall–Kier alpha value is -1.30. The minimum absolute atomic E-state index is 1.20. The van der Waals surface area contributed by atoms with E-state index >= 15 is 0 Å². The van der Waals surface area contributed by atoms with Gasteiger partial charge in [0.2, 0.25) is 0 Å². The topological polar surface area (TPSA) is 0 Å². The van der Waals surface area contributed by atoms with Crippen molar-refractivity contribution in [1.29, 1.82) is 0 Å². The molecule has 0 aliphatic heterocycles. The first-order valence-electron chi connectivity index (χ1n) is 3.74. The number of fused-ring (bicyclic) bond motifs is 1. The second-order valence-electron chi connectivity index (χ2n) is 2.73. The van der Waals surface area contributed by atoms with Gasteiger partial charge in [0.1, 0.15) is 0 Å². The predicted octanol–water partition coefficient (Wildman–Crippen LogP) is 2.95. The van der Waals surface area contributed by atoms with E-state index in [0.29, 0.717) is 0 Å². The molecule has 0 heterocycles. The Labute approximate surface area is 66.5 Å². The maximum Gasteiger partial charge on any atom is -0.00672 e. The SMILES string of the molecule is Cc1[c]c2ccccc2cc1. The molecule has 0 aliphatic carbocycles. The lowest BCUT2D eigenvalue weighted by atomic mass is 10.1. The molecule has 2 aromatic carbocycles. The van der Waals surface area contributed by atoms with Crippen molar-refractivity contribution < 1.29 is 0 Å². The van der Waals surface area contributed by atoms with Gasteiger partial charge in [0.25, 0.3) is 0 Å². The summed E-state index contributed by atoms with van der Waals surface area (Å²) in [5.74, 6) is 0. The normalized spacial score (nSPS) is 10.3. The van der Waals surface area contributed by atoms with Gasteiger partial charge in [-0.05, 0) is 29.3 Å². The first-order chi connectivity index (χ1) is 5.36. The van der Waals surface area contributed by atoms with Gasteiger partial charge in [-0.2, -0.15) is 0 Å². The Balaban J connectivity index is 2.83. The summed E-state index contributed by atoms with van der Waals surface area (Å²) in [6.07, 6.45) is 0. The van der Waals surface area contributed by atoms with Crippen LogP contribution in [0.2, 0.25) is 0 Å². The van der Waals surface area contributed by atoms with Gasteiger partial charge in [-0.1, -0.05) is 36.4 Å². The summed E-state index contributed by atoms with van der Waals surface area (Å²) in [6, 6.07) is 15.8. The third-order valence-electron chi connectivity index (χ3n) is 1.81. The minimum atomic E-state index is 1.20. The second-order valence-corrected chi connectivity index (χ2v) is 2.73. The van der Waals surface area contributed by atoms with Crippen molar-refractivity contribution in [3.8, 4) is 0 Å². The lowest BCUT2D eigenvalue weighted by Crippen LogP contribution is -1.74. The van der Waals surface area contributed by atoms with E-state index in [9.17, 15) is 0 Å². The van der Waals surface area contributed by atoms with Crippen molar-refractivity contribution in [2.75, 3.05) is 0 Å². The molecule has 2 aromatic rings. The summed E-state index contributed by atoms with van der Waals surface area (Å²) in [5.41, 5.74) is 1.20. The van der Waals surface area contributed by atoms with Crippen molar-refractivity contribution in [2.24, 2.45) is 0 Å². The molecule has 0 aliphatic rings. The highest BCUT2D eigenvalue weighted by Gasteiger charge is 1.90. The molecule has 0 fully saturated rings. The Morgan fingerprint density at radius 2 is 1.82 bits per heavy atom. The van der Waals surface area contributed by atoms with E-state index in [0.717, 1.165) is 0 Å². The molecule has 11 heavy (non-hydrogen) atoms. The Morgan fingerprint density at radius 3 is 2.73 bits per heavy atom. The molecule has 0 heteroatoms. The standard InChI is InChI=1S/C11H9/c1-9-6-7-10-4-2-3-5-11(10)8-9/h2-7H,1H3. The van der Waals surface area contributed by atoms with Gasteiger partial charge in [0, 0.05) is 0 Å². The molecule has 2 rings (SSSR count). The monoisotopic (exact) mass is 141 g/mol. The summed E-state index contributed by atoms with van der Waals surface area (Å²) in [7, 11) is 0. The molecule has 0 saturated carbocycles. The van der Waals surface area contributed by atoms with Crippen molar-refractivity contribution in [2.45, 2.75) is 6.92 Å². The van der Waals surface area contributed by atoms with Gasteiger partial charge in [-0.25, -0.2) is 0 Å². The Bertz CT molecular complexity index is 374. The second kappa shape index (κ2) is 2.39. The number of benzene rings is 2. The first-order valence-corrected chi connectivity index (χ1v) is 3.74. The van der Waals surface area contributed by atoms with Gasteiger partial charge in [-0.15, -0.1) is 0 Å². The van der Waals surface area contributed by atoms with Crippen LogP contribution < -0.4 is 0 Å². The van der Waals surface area contributed by atoms with Crippen LogP contribution in [-0.4, -0.2) is 0 Å². The first kappa shape index (κ1) is 6.41. The van der Waals surface area contributed by atoms with Crippen LogP contribution in [-0.2, 0) is 0 Å². The van der Waals surface area contributed by atoms with Crippen molar-refractivity contribution in [3.63, 3.8) is 0 Å². The molecule has 0 atom stereocenters. The summed E-state index contributed by atoms with van der Waals surface area (Å²) < 4.78 is 0. The Kier molecular flexibility index (Phi) is 1.39. The van der Waals surface area contributed by atoms with Gasteiger partial charge < -0.3 is 0 Å². The zero-order chi connectivity index (χ0) is 7.68. The summed E-state index contributed by atoms with van der Waals surface area (Å²) in [4.78, 5) is 0. The van der Waals surface area contributed by atoms with Crippen LogP contribution >= 0.6 is 0 Å². The molecule has 0 nitrogen and oxygen atoms in total. The number of hydrogen-bond donors (Lipinski definition) is 0. The van der Waals surface area contributed by atoms with Crippen LogP contribution in [0.4, 0.5) is 0 Å². The van der Waals surface area contributed by atoms with Crippen molar-refractivity contribution in [1.82, 2.24) is 0 Å². The molecule has 0 spiro atoms. The van der Waals surface area contributed by atoms with Gasteiger partial charge in [0.05, 0.1) is 0 Å². The molecule has 0 aromatic heterocycles. The summed E-state index contributed by atoms with van der Waals surface area (Å²) in [6.45, 7) is 2.06. The molecule has 0 saturated heterocycles. The summed E-state index contributed by atoms with van der Waals surface area (Å²) >= 11 is 0. The highest BCUT2D eigenvalue weighted by atomic mass is 13.9. The van der Waals surface area contributed by atoms with E-state index in [1.807, 2.05) is 12.1 Å². The zero-order valence-corrected chi connectivity index (χ0v) is 6.46. The van der Waals surface area contributed by atoms with E-state index in [-0.39, 0.29) is 0 Å². The van der Waals surface area contributed by atoms with Crippen LogP contribution in [0.3, 0.4) is 0 Å². The lowest BCUT2D eigenvalue weighted by molar-refractivity contribution is 1.49. The molecular weight excluding hydrogens is 132 g/mol. The van der Waals surface area contributed by atoms with Crippen LogP contribution in [0.5, 0.6) is 0 Å². The van der Waals surface area contributed by atoms with E-state index < -0.39 is 0 Å². The van der Waals surface area contributed by atoms with Crippen LogP contribution in [0, 0.1) is 13.0 Å². The molecular formula is C11H9. The van der Waals surface area contributed by atoms with Crippen LogP contribution in [0.25, 0.3) is 10.8 Å². The third-order valence-corrected chi connectivity index (χ3v) is 1.81. The predicted molar refractivity (Wildman–Crippen MR) is 47.5 cm³/mol. The quantitative estimate of drug-likeness (QED) is 0.529. The van der Waals surface area contributed by atoms with Crippen LogP contribution in [0.15, 0.2) is 36.4 Å². The molecule has 53 valence electrons. The number of rotatable bonds is 0. The molecule has 0 amide bonds. The van der Waals surface area contributed by atoms with E-state index in [2.05, 4.69) is 37.3 Å². The highest BCUT2D eigenvalue weighted by molar-refractivity contribution is 5.82. The fraction of sp³-hybridized carbons (Fsp3) is 0.0909. The average molecular weight is 141 g/mol. The molecule has 1 radical (unpaired) electrons. The molecule has 0 bridgehead atoms. The van der Waals surface area contributed by atoms with Gasteiger partial charge >= 0.3 is 0 Å². The number of hydrogen-bond acceptors (Lipinski definition) is 0. The summed E-state index contributed by atoms with van der Waals surface area (Å²) in [5, 5.41) is 2.46. The van der Waals surface area contributed by atoms with E-state index in [4.69, 9.17) is 0 Å². The van der Waals surface area contributed by atoms with E-state index in [1.165, 1.54) is 16.3 Å². The van der Waals surface area contributed by atoms with Crippen molar-refractivity contribution >= 4 is 10.8 Å². The fourth-order valence-corrected chi connectivity index (χ4v) is 1.23. The third kappa shape index (κ3) is 1.12. The maximum atomic E-state index is 3.29. The van der Waals surface area contributed by atoms with Gasteiger partial charge in [-0.3, -0.25) is 0 Å². The minimum Gasteiger partial charge on any atom is -0.0616 e. The van der Waals surface area contributed by atoms with E-state index in [1.54, 1.807) is 0 Å². The molecule has 0 N–H and O–H groups in total. The number of aryl methyl sites for hydroxylation is 1. The van der Waals surface area contributed by atoms with Gasteiger partial charge in [0.15, 0.2) is 0 Å². The van der Waals surface area contributed by atoms with Crippen molar-refractivity contribution in [3.05, 3.63) is 48.0 Å². The largest absolute Gasteiger partial charge is 0.0616 e. The highest BCUT2D eigenvalue weighted by Crippen LogP contribution is 2.13. The van der Waals surface area contributed by atoms with Crippen LogP contribution in [0.1, 0.15) is 5.56 Å². The smallest absolute Gasteiger partial charge is 0.00672 e. The average Bonchev–Trinajstić information content (AvgIpc) is 2.04. The fourth-order valence-electron chi connectivity index (χ4n) is 1.23. The zero-order valence-electron chi connectivity index (χ0n) is 6.46. The Morgan fingerprint density at radius 1 is 1.00 bits per heavy atom.